The Bertz CT molecular complexity index is 525. The van der Waals surface area contributed by atoms with E-state index in [0.29, 0.717) is 18.5 Å². The van der Waals surface area contributed by atoms with Gasteiger partial charge in [0, 0.05) is 38.2 Å². The number of ether oxygens (including phenoxy) is 2. The number of morpholine rings is 1. The van der Waals surface area contributed by atoms with Gasteiger partial charge in [0.25, 0.3) is 0 Å². The van der Waals surface area contributed by atoms with Gasteiger partial charge in [-0.15, -0.1) is 0 Å². The molecule has 2 aliphatic heterocycles. The van der Waals surface area contributed by atoms with Gasteiger partial charge in [-0.2, -0.15) is 0 Å². The van der Waals surface area contributed by atoms with Gasteiger partial charge in [-0.25, -0.2) is 0 Å². The molecule has 2 fully saturated rings. The van der Waals surface area contributed by atoms with Gasteiger partial charge < -0.3 is 14.8 Å². The molecule has 0 aromatic heterocycles. The van der Waals surface area contributed by atoms with Crippen LogP contribution in [0.2, 0.25) is 0 Å². The Hall–Kier alpha value is -1.43. The zero-order chi connectivity index (χ0) is 17.5. The van der Waals surface area contributed by atoms with Crippen molar-refractivity contribution in [3.63, 3.8) is 0 Å². The summed E-state index contributed by atoms with van der Waals surface area (Å²) in [5.41, 5.74) is 1.09. The van der Waals surface area contributed by atoms with Crippen molar-refractivity contribution < 1.29 is 14.3 Å². The Morgan fingerprint density at radius 3 is 2.60 bits per heavy atom. The Morgan fingerprint density at radius 2 is 1.96 bits per heavy atom. The van der Waals surface area contributed by atoms with Gasteiger partial charge in [-0.3, -0.25) is 9.69 Å². The summed E-state index contributed by atoms with van der Waals surface area (Å²) < 4.78 is 11.1. The van der Waals surface area contributed by atoms with Crippen LogP contribution < -0.4 is 5.32 Å². The number of nitrogens with zero attached hydrogens (tertiary/aromatic N) is 1. The molecular weight excluding hydrogens is 316 g/mol. The van der Waals surface area contributed by atoms with E-state index in [1.165, 1.54) is 0 Å². The minimum atomic E-state index is -0.0774. The number of carbonyl (C=O) groups is 1. The predicted molar refractivity (Wildman–Crippen MR) is 97.6 cm³/mol. The van der Waals surface area contributed by atoms with Crippen LogP contribution in [0.3, 0.4) is 0 Å². The molecule has 0 spiro atoms. The highest BCUT2D eigenvalue weighted by Crippen LogP contribution is 2.23. The first-order valence-corrected chi connectivity index (χ1v) is 9.51. The molecule has 25 heavy (non-hydrogen) atoms. The van der Waals surface area contributed by atoms with Crippen molar-refractivity contribution in [1.82, 2.24) is 10.2 Å². The molecule has 1 aromatic rings. The van der Waals surface area contributed by atoms with Gasteiger partial charge >= 0.3 is 0 Å². The van der Waals surface area contributed by atoms with E-state index in [9.17, 15) is 4.79 Å². The second kappa shape index (κ2) is 9.32. The Labute approximate surface area is 150 Å². The quantitative estimate of drug-likeness (QED) is 0.821. The summed E-state index contributed by atoms with van der Waals surface area (Å²) in [6.07, 6.45) is 1.89. The first-order valence-electron chi connectivity index (χ1n) is 9.51. The molecule has 1 aromatic carbocycles. The third-order valence-electron chi connectivity index (χ3n) is 5.44. The van der Waals surface area contributed by atoms with E-state index in [-0.39, 0.29) is 11.8 Å². The Morgan fingerprint density at radius 1 is 1.20 bits per heavy atom. The summed E-state index contributed by atoms with van der Waals surface area (Å²) in [7, 11) is 0. The zero-order valence-electron chi connectivity index (χ0n) is 15.2. The highest BCUT2D eigenvalue weighted by molar-refractivity contribution is 5.83. The lowest BCUT2D eigenvalue weighted by molar-refractivity contribution is -0.123. The summed E-state index contributed by atoms with van der Waals surface area (Å²) in [6.45, 7) is 7.83. The molecule has 0 unspecified atom stereocenters. The van der Waals surface area contributed by atoms with E-state index in [2.05, 4.69) is 17.1 Å². The second-order valence-electron chi connectivity index (χ2n) is 6.96. The second-order valence-corrected chi connectivity index (χ2v) is 6.96. The first-order chi connectivity index (χ1) is 12.3. The van der Waals surface area contributed by atoms with Crippen LogP contribution in [-0.4, -0.2) is 62.9 Å². The topological polar surface area (TPSA) is 50.8 Å². The molecule has 0 saturated carbocycles. The van der Waals surface area contributed by atoms with Gasteiger partial charge in [0.15, 0.2) is 0 Å². The van der Waals surface area contributed by atoms with Crippen molar-refractivity contribution in [1.29, 1.82) is 0 Å². The van der Waals surface area contributed by atoms with Gasteiger partial charge in [-0.05, 0) is 18.4 Å². The van der Waals surface area contributed by atoms with Crippen LogP contribution in [0.25, 0.3) is 0 Å². The fourth-order valence-electron chi connectivity index (χ4n) is 3.95. The molecule has 3 rings (SSSR count). The maximum absolute atomic E-state index is 12.8. The van der Waals surface area contributed by atoms with Crippen LogP contribution in [0.4, 0.5) is 0 Å². The van der Waals surface area contributed by atoms with Crippen LogP contribution in [0.5, 0.6) is 0 Å². The van der Waals surface area contributed by atoms with Crippen molar-refractivity contribution in [2.45, 2.75) is 31.7 Å². The van der Waals surface area contributed by atoms with Gasteiger partial charge in [0.05, 0.1) is 25.7 Å². The fraction of sp³-hybridized carbons (Fsp3) is 0.650. The Balaban J connectivity index is 1.62. The molecular formula is C20H30N2O3. The summed E-state index contributed by atoms with van der Waals surface area (Å²) in [5.74, 6) is 0.549. The number of carbonyl (C=O) groups excluding carboxylic acids is 1. The summed E-state index contributed by atoms with van der Waals surface area (Å²) in [4.78, 5) is 15.3. The van der Waals surface area contributed by atoms with Gasteiger partial charge in [-0.1, -0.05) is 37.3 Å². The number of hydrogen-bond donors (Lipinski definition) is 1. The van der Waals surface area contributed by atoms with E-state index in [0.717, 1.165) is 57.9 Å². The Kier molecular flexibility index (Phi) is 6.84. The maximum Gasteiger partial charge on any atom is 0.227 e. The average molecular weight is 346 g/mol. The van der Waals surface area contributed by atoms with Crippen molar-refractivity contribution in [3.05, 3.63) is 35.9 Å². The average Bonchev–Trinajstić information content (AvgIpc) is 3.19. The molecule has 5 nitrogen and oxygen atoms in total. The molecule has 2 saturated heterocycles. The van der Waals surface area contributed by atoms with Crippen LogP contribution in [0.15, 0.2) is 30.3 Å². The van der Waals surface area contributed by atoms with Crippen molar-refractivity contribution in [2.24, 2.45) is 5.92 Å². The third-order valence-corrected chi connectivity index (χ3v) is 5.44. The standard InChI is InChI=1S/C20H30N2O3/c1-2-18(16-6-4-3-5-7-16)20(23)21-14-19(17-8-11-25-15-17)22-9-12-24-13-10-22/h3-7,17-19H,2,8-15H2,1H3,(H,21,23)/t17-,18+,19+/m1/s1. The highest BCUT2D eigenvalue weighted by atomic mass is 16.5. The highest BCUT2D eigenvalue weighted by Gasteiger charge is 2.32. The molecule has 0 radical (unpaired) electrons. The SMILES string of the molecule is CC[C@H](C(=O)NC[C@@H]([C@@H]1CCOC1)N1CCOCC1)c1ccccc1. The largest absolute Gasteiger partial charge is 0.381 e. The third kappa shape index (κ3) is 4.81. The predicted octanol–water partition coefficient (Wildman–Crippen LogP) is 2.03. The molecule has 2 aliphatic rings. The number of benzene rings is 1. The molecule has 0 aliphatic carbocycles. The van der Waals surface area contributed by atoms with Crippen molar-refractivity contribution >= 4 is 5.91 Å². The summed E-state index contributed by atoms with van der Waals surface area (Å²) >= 11 is 0. The van der Waals surface area contributed by atoms with Crippen LogP contribution in [-0.2, 0) is 14.3 Å². The molecule has 1 amide bonds. The minimum Gasteiger partial charge on any atom is -0.381 e. The van der Waals surface area contributed by atoms with Crippen molar-refractivity contribution in [3.8, 4) is 0 Å². The monoisotopic (exact) mass is 346 g/mol. The molecule has 2 heterocycles. The normalized spacial score (nSPS) is 24.0. The molecule has 0 bridgehead atoms. The minimum absolute atomic E-state index is 0.0774. The van der Waals surface area contributed by atoms with E-state index >= 15 is 0 Å². The van der Waals surface area contributed by atoms with Gasteiger partial charge in [0.2, 0.25) is 5.91 Å². The zero-order valence-corrected chi connectivity index (χ0v) is 15.2. The number of amides is 1. The van der Waals surface area contributed by atoms with E-state index in [4.69, 9.17) is 9.47 Å². The number of hydrogen-bond acceptors (Lipinski definition) is 4. The van der Waals surface area contributed by atoms with E-state index in [1.807, 2.05) is 30.3 Å². The van der Waals surface area contributed by atoms with Crippen molar-refractivity contribution in [2.75, 3.05) is 46.1 Å². The van der Waals surface area contributed by atoms with Crippen LogP contribution in [0, 0.1) is 5.92 Å². The van der Waals surface area contributed by atoms with E-state index < -0.39 is 0 Å². The van der Waals surface area contributed by atoms with Crippen LogP contribution >= 0.6 is 0 Å². The lowest BCUT2D eigenvalue weighted by atomic mass is 9.94. The van der Waals surface area contributed by atoms with E-state index in [1.54, 1.807) is 0 Å². The van der Waals surface area contributed by atoms with Gasteiger partial charge in [0.1, 0.15) is 0 Å². The molecule has 1 N–H and O–H groups in total. The van der Waals surface area contributed by atoms with Crippen LogP contribution in [0.1, 0.15) is 31.2 Å². The number of nitrogens with one attached hydrogen (secondary N) is 1. The fourth-order valence-corrected chi connectivity index (χ4v) is 3.95. The maximum atomic E-state index is 12.8. The molecule has 5 heteroatoms. The molecule has 138 valence electrons. The first kappa shape index (κ1) is 18.4. The summed E-state index contributed by atoms with van der Waals surface area (Å²) in [6, 6.07) is 10.4. The lowest BCUT2D eigenvalue weighted by Gasteiger charge is -2.37. The number of rotatable bonds is 7. The molecule has 3 atom stereocenters. The smallest absolute Gasteiger partial charge is 0.227 e. The lowest BCUT2D eigenvalue weighted by Crippen LogP contribution is -2.52. The summed E-state index contributed by atoms with van der Waals surface area (Å²) in [5, 5.41) is 3.23.